The summed E-state index contributed by atoms with van der Waals surface area (Å²) in [5.74, 6) is -1.44. The van der Waals surface area contributed by atoms with Crippen molar-refractivity contribution in [3.8, 4) is 0 Å². The van der Waals surface area contributed by atoms with Crippen molar-refractivity contribution >= 4 is 29.4 Å². The molecule has 0 fully saturated rings. The van der Waals surface area contributed by atoms with Crippen LogP contribution in [0.4, 0.5) is 0 Å². The third kappa shape index (κ3) is 5.89. The molecule has 6 nitrogen and oxygen atoms in total. The van der Waals surface area contributed by atoms with Crippen LogP contribution in [0.15, 0.2) is 54.6 Å². The predicted molar refractivity (Wildman–Crippen MR) is 97.9 cm³/mol. The van der Waals surface area contributed by atoms with E-state index in [1.807, 2.05) is 0 Å². The smallest absolute Gasteiger partial charge is 0.328 e. The van der Waals surface area contributed by atoms with Crippen LogP contribution in [0.2, 0.25) is 5.02 Å². The lowest BCUT2D eigenvalue weighted by molar-refractivity contribution is -0.144. The summed E-state index contributed by atoms with van der Waals surface area (Å²) in [4.78, 5) is 36.0. The van der Waals surface area contributed by atoms with Crippen molar-refractivity contribution in [1.29, 1.82) is 0 Å². The van der Waals surface area contributed by atoms with E-state index < -0.39 is 17.9 Å². The van der Waals surface area contributed by atoms with Gasteiger partial charge in [0.15, 0.2) is 0 Å². The van der Waals surface area contributed by atoms with Gasteiger partial charge in [-0.2, -0.15) is 0 Å². The number of carbonyl (C=O) groups is 3. The molecular formula is C19H19ClN2O4. The minimum atomic E-state index is -0.875. The molecule has 0 radical (unpaired) electrons. The van der Waals surface area contributed by atoms with Crippen molar-refractivity contribution < 1.29 is 19.1 Å². The molecule has 0 heterocycles. The van der Waals surface area contributed by atoms with E-state index in [1.165, 1.54) is 7.11 Å². The summed E-state index contributed by atoms with van der Waals surface area (Å²) in [5, 5.41) is 5.62. The standard InChI is InChI=1S/C19H19ClN2O4/c1-26-19(25)16(11-13-6-5-9-15(20)10-13)22-17(23)12-21-18(24)14-7-3-2-4-8-14/h2-10,16H,11-12H2,1H3,(H,21,24)(H,22,23)/t16-/m0/s1. The molecule has 2 rings (SSSR count). The monoisotopic (exact) mass is 374 g/mol. The highest BCUT2D eigenvalue weighted by molar-refractivity contribution is 6.30. The van der Waals surface area contributed by atoms with Gasteiger partial charge < -0.3 is 15.4 Å². The van der Waals surface area contributed by atoms with Crippen LogP contribution < -0.4 is 10.6 Å². The Balaban J connectivity index is 1.93. The fourth-order valence-electron chi connectivity index (χ4n) is 2.33. The van der Waals surface area contributed by atoms with Crippen molar-refractivity contribution in [3.63, 3.8) is 0 Å². The first-order valence-electron chi connectivity index (χ1n) is 7.94. The van der Waals surface area contributed by atoms with E-state index in [-0.39, 0.29) is 18.9 Å². The van der Waals surface area contributed by atoms with Gasteiger partial charge in [-0.25, -0.2) is 4.79 Å². The van der Waals surface area contributed by atoms with E-state index in [2.05, 4.69) is 10.6 Å². The molecule has 2 aromatic carbocycles. The van der Waals surface area contributed by atoms with Crippen LogP contribution in [0.25, 0.3) is 0 Å². The van der Waals surface area contributed by atoms with Crippen molar-refractivity contribution in [1.82, 2.24) is 10.6 Å². The molecule has 2 amide bonds. The Kier molecular flexibility index (Phi) is 7.17. The number of rotatable bonds is 7. The fourth-order valence-corrected chi connectivity index (χ4v) is 2.55. The van der Waals surface area contributed by atoms with Crippen LogP contribution in [0.3, 0.4) is 0 Å². The second-order valence-corrected chi connectivity index (χ2v) is 5.96. The zero-order valence-corrected chi connectivity index (χ0v) is 15.0. The summed E-state index contributed by atoms with van der Waals surface area (Å²) in [5.41, 5.74) is 1.23. The van der Waals surface area contributed by atoms with E-state index in [0.717, 1.165) is 5.56 Å². The van der Waals surface area contributed by atoms with Crippen LogP contribution in [-0.2, 0) is 20.7 Å². The topological polar surface area (TPSA) is 84.5 Å². The van der Waals surface area contributed by atoms with Gasteiger partial charge in [-0.15, -0.1) is 0 Å². The fraction of sp³-hybridized carbons (Fsp3) is 0.211. The third-order valence-corrected chi connectivity index (χ3v) is 3.83. The van der Waals surface area contributed by atoms with Gasteiger partial charge in [0.25, 0.3) is 5.91 Å². The van der Waals surface area contributed by atoms with Crippen molar-refractivity contribution in [3.05, 3.63) is 70.7 Å². The van der Waals surface area contributed by atoms with Crippen LogP contribution in [-0.4, -0.2) is 37.5 Å². The molecule has 0 unspecified atom stereocenters. The molecule has 0 aliphatic rings. The quantitative estimate of drug-likeness (QED) is 0.726. The molecule has 0 bridgehead atoms. The second-order valence-electron chi connectivity index (χ2n) is 5.53. The lowest BCUT2D eigenvalue weighted by atomic mass is 10.1. The highest BCUT2D eigenvalue weighted by atomic mass is 35.5. The molecule has 136 valence electrons. The number of nitrogens with one attached hydrogen (secondary N) is 2. The highest BCUT2D eigenvalue weighted by Crippen LogP contribution is 2.12. The molecule has 2 N–H and O–H groups in total. The van der Waals surface area contributed by atoms with Crippen LogP contribution in [0.5, 0.6) is 0 Å². The molecule has 2 aromatic rings. The molecule has 0 saturated heterocycles. The highest BCUT2D eigenvalue weighted by Gasteiger charge is 2.22. The van der Waals surface area contributed by atoms with Gasteiger partial charge in [-0.1, -0.05) is 41.9 Å². The van der Waals surface area contributed by atoms with Crippen molar-refractivity contribution in [2.45, 2.75) is 12.5 Å². The molecule has 0 aliphatic heterocycles. The number of hydrogen-bond acceptors (Lipinski definition) is 4. The Hall–Kier alpha value is -2.86. The van der Waals surface area contributed by atoms with Crippen LogP contribution in [0.1, 0.15) is 15.9 Å². The summed E-state index contributed by atoms with van der Waals surface area (Å²) in [6.45, 7) is -0.253. The molecule has 0 aliphatic carbocycles. The molecule has 1 atom stereocenters. The first kappa shape index (κ1) is 19.5. The first-order chi connectivity index (χ1) is 12.5. The second kappa shape index (κ2) is 9.58. The zero-order valence-electron chi connectivity index (χ0n) is 14.2. The predicted octanol–water partition coefficient (Wildman–Crippen LogP) is 1.97. The average molecular weight is 375 g/mol. The molecule has 0 spiro atoms. The maximum absolute atomic E-state index is 12.1. The first-order valence-corrected chi connectivity index (χ1v) is 8.32. The van der Waals surface area contributed by atoms with Gasteiger partial charge in [0.1, 0.15) is 6.04 Å². The number of carbonyl (C=O) groups excluding carboxylic acids is 3. The minimum absolute atomic E-state index is 0.228. The minimum Gasteiger partial charge on any atom is -0.467 e. The van der Waals surface area contributed by atoms with Gasteiger partial charge in [0.2, 0.25) is 5.91 Å². The molecule has 0 saturated carbocycles. The molecular weight excluding hydrogens is 356 g/mol. The Bertz CT molecular complexity index is 780. The van der Waals surface area contributed by atoms with Gasteiger partial charge in [-0.05, 0) is 29.8 Å². The van der Waals surface area contributed by atoms with Crippen LogP contribution >= 0.6 is 11.6 Å². The van der Waals surface area contributed by atoms with Gasteiger partial charge >= 0.3 is 5.97 Å². The largest absolute Gasteiger partial charge is 0.467 e. The van der Waals surface area contributed by atoms with Gasteiger partial charge in [0, 0.05) is 17.0 Å². The Morgan fingerprint density at radius 2 is 1.81 bits per heavy atom. The number of ether oxygens (including phenoxy) is 1. The van der Waals surface area contributed by atoms with E-state index in [4.69, 9.17) is 16.3 Å². The number of hydrogen-bond donors (Lipinski definition) is 2. The van der Waals surface area contributed by atoms with Crippen LogP contribution in [0, 0.1) is 0 Å². The number of amides is 2. The third-order valence-electron chi connectivity index (χ3n) is 3.60. The van der Waals surface area contributed by atoms with E-state index in [0.29, 0.717) is 10.6 Å². The number of halogens is 1. The molecule has 0 aromatic heterocycles. The van der Waals surface area contributed by atoms with Gasteiger partial charge in [-0.3, -0.25) is 9.59 Å². The lowest BCUT2D eigenvalue weighted by Crippen LogP contribution is -2.47. The Morgan fingerprint density at radius 3 is 2.46 bits per heavy atom. The summed E-state index contributed by atoms with van der Waals surface area (Å²) in [6, 6.07) is 14.6. The zero-order chi connectivity index (χ0) is 18.9. The number of benzene rings is 2. The normalized spacial score (nSPS) is 11.3. The molecule has 26 heavy (non-hydrogen) atoms. The Morgan fingerprint density at radius 1 is 1.08 bits per heavy atom. The van der Waals surface area contributed by atoms with Crippen molar-refractivity contribution in [2.75, 3.05) is 13.7 Å². The van der Waals surface area contributed by atoms with Gasteiger partial charge in [0.05, 0.1) is 13.7 Å². The number of methoxy groups -OCH3 is 1. The average Bonchev–Trinajstić information content (AvgIpc) is 2.65. The number of esters is 1. The summed E-state index contributed by atoms with van der Waals surface area (Å²) in [6.07, 6.45) is 0.228. The maximum atomic E-state index is 12.1. The summed E-state index contributed by atoms with van der Waals surface area (Å²) < 4.78 is 4.74. The maximum Gasteiger partial charge on any atom is 0.328 e. The molecule has 7 heteroatoms. The van der Waals surface area contributed by atoms with E-state index in [9.17, 15) is 14.4 Å². The van der Waals surface area contributed by atoms with Crippen molar-refractivity contribution in [2.24, 2.45) is 0 Å². The lowest BCUT2D eigenvalue weighted by Gasteiger charge is -2.17. The van der Waals surface area contributed by atoms with E-state index in [1.54, 1.807) is 54.6 Å². The SMILES string of the molecule is COC(=O)[C@H](Cc1cccc(Cl)c1)NC(=O)CNC(=O)c1ccccc1. The Labute approximate surface area is 156 Å². The summed E-state index contributed by atoms with van der Waals surface area (Å²) >= 11 is 5.94. The van der Waals surface area contributed by atoms with E-state index >= 15 is 0 Å². The summed E-state index contributed by atoms with van der Waals surface area (Å²) in [7, 11) is 1.25.